The zero-order valence-electron chi connectivity index (χ0n) is 8.49. The van der Waals surface area contributed by atoms with Gasteiger partial charge in [-0.3, -0.25) is 14.9 Å². The summed E-state index contributed by atoms with van der Waals surface area (Å²) in [6.45, 7) is 1.63. The van der Waals surface area contributed by atoms with Crippen LogP contribution in [0.3, 0.4) is 0 Å². The minimum atomic E-state index is -0.934. The Bertz CT molecular complexity index is 253. The molecule has 0 heterocycles. The number of nitrogens with zero attached hydrogens (tertiary/aromatic N) is 1. The summed E-state index contributed by atoms with van der Waals surface area (Å²) in [6, 6.07) is -0.788. The van der Waals surface area contributed by atoms with Crippen molar-refractivity contribution in [3.63, 3.8) is 0 Å². The van der Waals surface area contributed by atoms with Crippen LogP contribution in [0.1, 0.15) is 32.6 Å². The maximum atomic E-state index is 11.5. The molecule has 0 aliphatic heterocycles. The van der Waals surface area contributed by atoms with Crippen LogP contribution in [-0.4, -0.2) is 24.0 Å². The zero-order chi connectivity index (χ0) is 10.8. The van der Waals surface area contributed by atoms with E-state index in [1.807, 2.05) is 0 Å². The van der Waals surface area contributed by atoms with Gasteiger partial charge in [0, 0.05) is 11.3 Å². The normalized spacial score (nSPS) is 32.3. The van der Waals surface area contributed by atoms with E-state index in [1.165, 1.54) is 7.11 Å². The van der Waals surface area contributed by atoms with Crippen LogP contribution in [0.25, 0.3) is 0 Å². The largest absolute Gasteiger partial charge is 0.468 e. The number of ether oxygens (including phenoxy) is 1. The molecule has 0 saturated heterocycles. The lowest BCUT2D eigenvalue weighted by Crippen LogP contribution is -2.47. The summed E-state index contributed by atoms with van der Waals surface area (Å²) in [5, 5.41) is 10.8. The van der Waals surface area contributed by atoms with Crippen LogP contribution >= 0.6 is 0 Å². The topological polar surface area (TPSA) is 69.4 Å². The fourth-order valence-electron chi connectivity index (χ4n) is 2.12. The molecule has 0 aromatic heterocycles. The molecular formula is C9H15NO4. The highest BCUT2D eigenvalue weighted by Gasteiger charge is 2.51. The predicted octanol–water partition coefficient (Wildman–Crippen LogP) is 1.38. The van der Waals surface area contributed by atoms with Crippen molar-refractivity contribution in [3.05, 3.63) is 10.1 Å². The Kier molecular flexibility index (Phi) is 3.08. The third kappa shape index (κ3) is 1.71. The van der Waals surface area contributed by atoms with Crippen LogP contribution in [0.15, 0.2) is 0 Å². The van der Waals surface area contributed by atoms with Crippen LogP contribution in [0.5, 0.6) is 0 Å². The van der Waals surface area contributed by atoms with E-state index < -0.39 is 17.4 Å². The molecule has 0 aromatic carbocycles. The molecule has 14 heavy (non-hydrogen) atoms. The molecular weight excluding hydrogens is 186 g/mol. The zero-order valence-corrected chi connectivity index (χ0v) is 8.49. The summed E-state index contributed by atoms with van der Waals surface area (Å²) >= 11 is 0. The van der Waals surface area contributed by atoms with E-state index in [0.29, 0.717) is 12.8 Å². The van der Waals surface area contributed by atoms with Crippen molar-refractivity contribution in [2.45, 2.75) is 38.6 Å². The highest BCUT2D eigenvalue weighted by Crippen LogP contribution is 2.38. The van der Waals surface area contributed by atoms with Gasteiger partial charge in [0.15, 0.2) is 0 Å². The van der Waals surface area contributed by atoms with Gasteiger partial charge >= 0.3 is 5.97 Å². The molecule has 0 spiro atoms. The Morgan fingerprint density at radius 2 is 2.21 bits per heavy atom. The number of carbonyl (C=O) groups is 1. The molecule has 1 saturated carbocycles. The minimum Gasteiger partial charge on any atom is -0.468 e. The second-order valence-corrected chi connectivity index (χ2v) is 3.96. The molecule has 2 atom stereocenters. The fourth-order valence-corrected chi connectivity index (χ4v) is 2.12. The Labute approximate surface area is 82.6 Å². The third-order valence-corrected chi connectivity index (χ3v) is 3.07. The molecule has 1 aliphatic carbocycles. The fraction of sp³-hybridized carbons (Fsp3) is 0.889. The van der Waals surface area contributed by atoms with Gasteiger partial charge in [0.2, 0.25) is 6.04 Å². The van der Waals surface area contributed by atoms with Gasteiger partial charge in [-0.1, -0.05) is 6.42 Å². The first-order valence-corrected chi connectivity index (χ1v) is 4.74. The van der Waals surface area contributed by atoms with Gasteiger partial charge < -0.3 is 4.74 Å². The van der Waals surface area contributed by atoms with E-state index in [2.05, 4.69) is 4.74 Å². The number of nitro groups is 1. The van der Waals surface area contributed by atoms with E-state index >= 15 is 0 Å². The Balaban J connectivity index is 2.90. The average Bonchev–Trinajstić information content (AvgIpc) is 2.16. The molecule has 0 radical (unpaired) electrons. The van der Waals surface area contributed by atoms with Crippen LogP contribution in [0.2, 0.25) is 0 Å². The summed E-state index contributed by atoms with van der Waals surface area (Å²) in [5.74, 6) is -0.459. The quantitative estimate of drug-likeness (QED) is 0.384. The van der Waals surface area contributed by atoms with Crippen LogP contribution in [0, 0.1) is 15.5 Å². The summed E-state index contributed by atoms with van der Waals surface area (Å²) in [4.78, 5) is 21.9. The minimum absolute atomic E-state index is 0.351. The van der Waals surface area contributed by atoms with Crippen molar-refractivity contribution >= 4 is 5.97 Å². The Morgan fingerprint density at radius 1 is 1.57 bits per heavy atom. The van der Waals surface area contributed by atoms with Gasteiger partial charge in [-0.15, -0.1) is 0 Å². The molecule has 1 rings (SSSR count). The molecule has 0 unspecified atom stereocenters. The van der Waals surface area contributed by atoms with Gasteiger partial charge in [-0.25, -0.2) is 0 Å². The standard InChI is InChI=1S/C9H15NO4/c1-9(8(11)14-2)6-4-3-5-7(9)10(12)13/h7H,3-6H2,1-2H3/t7-,9+/m0/s1. The number of esters is 1. The van der Waals surface area contributed by atoms with Gasteiger partial charge in [0.25, 0.3) is 0 Å². The monoisotopic (exact) mass is 201 g/mol. The highest BCUT2D eigenvalue weighted by atomic mass is 16.6. The van der Waals surface area contributed by atoms with E-state index in [0.717, 1.165) is 12.8 Å². The first kappa shape index (κ1) is 10.9. The number of carbonyl (C=O) groups excluding carboxylic acids is 1. The molecule has 1 fully saturated rings. The molecule has 5 heteroatoms. The lowest BCUT2D eigenvalue weighted by Gasteiger charge is -2.32. The van der Waals surface area contributed by atoms with E-state index in [-0.39, 0.29) is 4.92 Å². The second-order valence-electron chi connectivity index (χ2n) is 3.96. The van der Waals surface area contributed by atoms with Crippen LogP contribution in [0.4, 0.5) is 0 Å². The van der Waals surface area contributed by atoms with Gasteiger partial charge in [0.05, 0.1) is 7.11 Å². The maximum Gasteiger partial charge on any atom is 0.318 e. The smallest absolute Gasteiger partial charge is 0.318 e. The van der Waals surface area contributed by atoms with Crippen LogP contribution in [-0.2, 0) is 9.53 Å². The SMILES string of the molecule is COC(=O)[C@]1(C)CCCC[C@@H]1[N+](=O)[O-]. The summed E-state index contributed by atoms with van der Waals surface area (Å²) in [5.41, 5.74) is -0.934. The Morgan fingerprint density at radius 3 is 2.71 bits per heavy atom. The number of hydrogen-bond acceptors (Lipinski definition) is 4. The van der Waals surface area contributed by atoms with Crippen molar-refractivity contribution in [2.24, 2.45) is 5.41 Å². The van der Waals surface area contributed by atoms with E-state index in [1.54, 1.807) is 6.92 Å². The molecule has 1 aliphatic rings. The van der Waals surface area contributed by atoms with E-state index in [9.17, 15) is 14.9 Å². The van der Waals surface area contributed by atoms with Gasteiger partial charge in [-0.2, -0.15) is 0 Å². The first-order chi connectivity index (χ1) is 6.52. The summed E-state index contributed by atoms with van der Waals surface area (Å²) in [7, 11) is 1.28. The second kappa shape index (κ2) is 3.94. The van der Waals surface area contributed by atoms with Crippen LogP contribution < -0.4 is 0 Å². The number of hydrogen-bond donors (Lipinski definition) is 0. The van der Waals surface area contributed by atoms with Crippen molar-refractivity contribution in [1.82, 2.24) is 0 Å². The number of rotatable bonds is 2. The first-order valence-electron chi connectivity index (χ1n) is 4.74. The van der Waals surface area contributed by atoms with Crippen molar-refractivity contribution < 1.29 is 14.5 Å². The molecule has 0 amide bonds. The molecule has 0 bridgehead atoms. The average molecular weight is 201 g/mol. The summed E-state index contributed by atoms with van der Waals surface area (Å²) < 4.78 is 4.63. The predicted molar refractivity (Wildman–Crippen MR) is 49.4 cm³/mol. The molecule has 5 nitrogen and oxygen atoms in total. The molecule has 0 aromatic rings. The van der Waals surface area contributed by atoms with E-state index in [4.69, 9.17) is 0 Å². The Hall–Kier alpha value is -1.13. The van der Waals surface area contributed by atoms with Crippen molar-refractivity contribution in [2.75, 3.05) is 7.11 Å². The number of methoxy groups -OCH3 is 1. The third-order valence-electron chi connectivity index (χ3n) is 3.07. The maximum absolute atomic E-state index is 11.5. The van der Waals surface area contributed by atoms with Crippen molar-refractivity contribution in [1.29, 1.82) is 0 Å². The molecule has 0 N–H and O–H groups in total. The molecule has 80 valence electrons. The lowest BCUT2D eigenvalue weighted by atomic mass is 9.72. The lowest BCUT2D eigenvalue weighted by molar-refractivity contribution is -0.542. The van der Waals surface area contributed by atoms with Gasteiger partial charge in [-0.05, 0) is 19.8 Å². The van der Waals surface area contributed by atoms with Gasteiger partial charge in [0.1, 0.15) is 5.41 Å². The highest BCUT2D eigenvalue weighted by molar-refractivity contribution is 5.77. The summed E-state index contributed by atoms with van der Waals surface area (Å²) in [6.07, 6.45) is 2.69. The van der Waals surface area contributed by atoms with Crippen molar-refractivity contribution in [3.8, 4) is 0 Å².